The van der Waals surface area contributed by atoms with Crippen LogP contribution in [0.25, 0.3) is 0 Å². The second kappa shape index (κ2) is 6.89. The first kappa shape index (κ1) is 13.5. The molecule has 0 aromatic heterocycles. The first-order valence-corrected chi connectivity index (χ1v) is 7.47. The maximum atomic E-state index is 5.73. The van der Waals surface area contributed by atoms with Gasteiger partial charge < -0.3 is 9.80 Å². The molecule has 0 atom stereocenters. The van der Waals surface area contributed by atoms with Crippen LogP contribution >= 0.6 is 11.6 Å². The van der Waals surface area contributed by atoms with Crippen molar-refractivity contribution in [1.29, 1.82) is 0 Å². The summed E-state index contributed by atoms with van der Waals surface area (Å²) in [7, 11) is 2.13. The summed E-state index contributed by atoms with van der Waals surface area (Å²) in [6, 6.07) is 8.94. The van der Waals surface area contributed by atoms with E-state index in [1.165, 1.54) is 43.7 Å². The lowest BCUT2D eigenvalue weighted by Crippen LogP contribution is -2.29. The Morgan fingerprint density at radius 1 is 1.11 bits per heavy atom. The summed E-state index contributed by atoms with van der Waals surface area (Å²) in [5, 5.41) is 0. The van der Waals surface area contributed by atoms with Crippen LogP contribution in [0.15, 0.2) is 24.3 Å². The largest absolute Gasteiger partial charge is 0.375 e. The Hall–Kier alpha value is -0.890. The zero-order valence-electron chi connectivity index (χ0n) is 11.2. The molecule has 1 heterocycles. The summed E-state index contributed by atoms with van der Waals surface area (Å²) in [4.78, 5) is 4.76. The fourth-order valence-electron chi connectivity index (χ4n) is 2.50. The van der Waals surface area contributed by atoms with Gasteiger partial charge in [0.1, 0.15) is 0 Å². The standard InChI is InChI=1S/C15H23ClN2/c1-17(11-5-10-16)14-6-8-15(9-7-14)18-12-3-2-4-13-18/h6-9H,2-5,10-13H2,1H3. The third-order valence-electron chi connectivity index (χ3n) is 3.64. The summed E-state index contributed by atoms with van der Waals surface area (Å²) >= 11 is 5.73. The van der Waals surface area contributed by atoms with Gasteiger partial charge in [-0.15, -0.1) is 11.6 Å². The van der Waals surface area contributed by atoms with Crippen LogP contribution in [0, 0.1) is 0 Å². The lowest BCUT2D eigenvalue weighted by atomic mass is 10.1. The molecule has 2 nitrogen and oxygen atoms in total. The molecule has 1 aliphatic rings. The Morgan fingerprint density at radius 3 is 2.39 bits per heavy atom. The molecule has 0 saturated carbocycles. The van der Waals surface area contributed by atoms with E-state index in [1.807, 2.05) is 0 Å². The molecule has 0 unspecified atom stereocenters. The number of rotatable bonds is 5. The highest BCUT2D eigenvalue weighted by Gasteiger charge is 2.10. The maximum Gasteiger partial charge on any atom is 0.0367 e. The number of hydrogen-bond acceptors (Lipinski definition) is 2. The highest BCUT2D eigenvalue weighted by molar-refractivity contribution is 6.17. The van der Waals surface area contributed by atoms with Crippen molar-refractivity contribution in [2.24, 2.45) is 0 Å². The van der Waals surface area contributed by atoms with Crippen LogP contribution in [0.3, 0.4) is 0 Å². The normalized spacial score (nSPS) is 15.8. The zero-order valence-corrected chi connectivity index (χ0v) is 12.0. The van der Waals surface area contributed by atoms with E-state index >= 15 is 0 Å². The van der Waals surface area contributed by atoms with Crippen molar-refractivity contribution < 1.29 is 0 Å². The molecular formula is C15H23ClN2. The predicted molar refractivity (Wildman–Crippen MR) is 81.1 cm³/mol. The van der Waals surface area contributed by atoms with Crippen LogP contribution in [0.2, 0.25) is 0 Å². The van der Waals surface area contributed by atoms with Gasteiger partial charge in [-0.05, 0) is 49.9 Å². The fourth-order valence-corrected chi connectivity index (χ4v) is 2.62. The minimum Gasteiger partial charge on any atom is -0.375 e. The molecule has 0 N–H and O–H groups in total. The Labute approximate surface area is 116 Å². The van der Waals surface area contributed by atoms with Gasteiger partial charge in [-0.3, -0.25) is 0 Å². The molecule has 0 radical (unpaired) electrons. The quantitative estimate of drug-likeness (QED) is 0.749. The second-order valence-corrected chi connectivity index (χ2v) is 5.41. The third-order valence-corrected chi connectivity index (χ3v) is 3.91. The number of alkyl halides is 1. The Kier molecular flexibility index (Phi) is 5.18. The molecule has 3 heteroatoms. The van der Waals surface area contributed by atoms with Crippen LogP contribution in [0.5, 0.6) is 0 Å². The van der Waals surface area contributed by atoms with Crippen molar-refractivity contribution in [2.75, 3.05) is 42.4 Å². The van der Waals surface area contributed by atoms with Crippen LogP contribution in [0.4, 0.5) is 11.4 Å². The van der Waals surface area contributed by atoms with Gasteiger partial charge in [0.05, 0.1) is 0 Å². The Morgan fingerprint density at radius 2 is 1.78 bits per heavy atom. The van der Waals surface area contributed by atoms with Crippen LogP contribution in [-0.4, -0.2) is 32.6 Å². The average Bonchev–Trinajstić information content (AvgIpc) is 2.46. The maximum absolute atomic E-state index is 5.73. The molecule has 1 aromatic carbocycles. The Bertz CT molecular complexity index is 344. The summed E-state index contributed by atoms with van der Waals surface area (Å²) < 4.78 is 0. The van der Waals surface area contributed by atoms with Crippen molar-refractivity contribution in [3.63, 3.8) is 0 Å². The average molecular weight is 267 g/mol. The monoisotopic (exact) mass is 266 g/mol. The minimum atomic E-state index is 0.732. The van der Waals surface area contributed by atoms with Gasteiger partial charge in [-0.2, -0.15) is 0 Å². The first-order valence-electron chi connectivity index (χ1n) is 6.93. The van der Waals surface area contributed by atoms with Crippen LogP contribution in [0.1, 0.15) is 25.7 Å². The van der Waals surface area contributed by atoms with Crippen LogP contribution < -0.4 is 9.80 Å². The SMILES string of the molecule is CN(CCCCl)c1ccc(N2CCCCC2)cc1. The number of nitrogens with zero attached hydrogens (tertiary/aromatic N) is 2. The van der Waals surface area contributed by atoms with Crippen molar-refractivity contribution in [1.82, 2.24) is 0 Å². The van der Waals surface area contributed by atoms with E-state index in [2.05, 4.69) is 41.1 Å². The van der Waals surface area contributed by atoms with Gasteiger partial charge in [-0.1, -0.05) is 0 Å². The van der Waals surface area contributed by atoms with Gasteiger partial charge in [0.15, 0.2) is 0 Å². The molecular weight excluding hydrogens is 244 g/mol. The highest BCUT2D eigenvalue weighted by atomic mass is 35.5. The molecule has 1 saturated heterocycles. The lowest BCUT2D eigenvalue weighted by molar-refractivity contribution is 0.578. The number of anilines is 2. The molecule has 1 aromatic rings. The first-order chi connectivity index (χ1) is 8.81. The summed E-state index contributed by atoms with van der Waals surface area (Å²) in [6.07, 6.45) is 5.08. The van der Waals surface area contributed by atoms with Crippen molar-refractivity contribution in [3.8, 4) is 0 Å². The Balaban J connectivity index is 1.95. The lowest BCUT2D eigenvalue weighted by Gasteiger charge is -2.29. The van der Waals surface area contributed by atoms with Crippen molar-refractivity contribution in [2.45, 2.75) is 25.7 Å². The highest BCUT2D eigenvalue weighted by Crippen LogP contribution is 2.23. The minimum absolute atomic E-state index is 0.732. The van der Waals surface area contributed by atoms with E-state index in [0.29, 0.717) is 0 Å². The smallest absolute Gasteiger partial charge is 0.0367 e. The van der Waals surface area contributed by atoms with Gasteiger partial charge in [0.2, 0.25) is 0 Å². The van der Waals surface area contributed by atoms with E-state index in [1.54, 1.807) is 0 Å². The topological polar surface area (TPSA) is 6.48 Å². The van der Waals surface area contributed by atoms with Gasteiger partial charge in [-0.25, -0.2) is 0 Å². The van der Waals surface area contributed by atoms with E-state index in [9.17, 15) is 0 Å². The molecule has 100 valence electrons. The van der Waals surface area contributed by atoms with E-state index in [-0.39, 0.29) is 0 Å². The zero-order chi connectivity index (χ0) is 12.8. The molecule has 0 spiro atoms. The molecule has 0 amide bonds. The predicted octanol–water partition coefficient (Wildman–Crippen LogP) is 3.74. The number of hydrogen-bond donors (Lipinski definition) is 0. The van der Waals surface area contributed by atoms with Crippen molar-refractivity contribution in [3.05, 3.63) is 24.3 Å². The second-order valence-electron chi connectivity index (χ2n) is 5.03. The number of piperidine rings is 1. The van der Waals surface area contributed by atoms with Crippen molar-refractivity contribution >= 4 is 23.0 Å². The molecule has 2 rings (SSSR count). The molecule has 1 aliphatic heterocycles. The van der Waals surface area contributed by atoms with Gasteiger partial charge in [0.25, 0.3) is 0 Å². The fraction of sp³-hybridized carbons (Fsp3) is 0.600. The molecule has 18 heavy (non-hydrogen) atoms. The van der Waals surface area contributed by atoms with Gasteiger partial charge in [0, 0.05) is 43.9 Å². The van der Waals surface area contributed by atoms with E-state index in [4.69, 9.17) is 11.6 Å². The van der Waals surface area contributed by atoms with E-state index in [0.717, 1.165) is 18.8 Å². The van der Waals surface area contributed by atoms with Crippen LogP contribution in [-0.2, 0) is 0 Å². The number of benzene rings is 1. The number of halogens is 1. The molecule has 0 aliphatic carbocycles. The van der Waals surface area contributed by atoms with E-state index < -0.39 is 0 Å². The summed E-state index contributed by atoms with van der Waals surface area (Å²) in [5.41, 5.74) is 2.64. The molecule has 1 fully saturated rings. The summed E-state index contributed by atoms with van der Waals surface area (Å²) in [5.74, 6) is 0.732. The van der Waals surface area contributed by atoms with Gasteiger partial charge >= 0.3 is 0 Å². The third kappa shape index (κ3) is 3.55. The molecule has 0 bridgehead atoms. The summed E-state index contributed by atoms with van der Waals surface area (Å²) in [6.45, 7) is 3.44.